The minimum absolute atomic E-state index is 0.0372. The van der Waals surface area contributed by atoms with Crippen LogP contribution in [0.3, 0.4) is 0 Å². The van der Waals surface area contributed by atoms with E-state index in [9.17, 15) is 4.79 Å². The van der Waals surface area contributed by atoms with Crippen LogP contribution in [-0.2, 0) is 0 Å². The zero-order chi connectivity index (χ0) is 16.8. The van der Waals surface area contributed by atoms with E-state index in [2.05, 4.69) is 22.2 Å². The Morgan fingerprint density at radius 1 is 1.38 bits per heavy atom. The number of oxazole rings is 1. The number of hydrogen-bond acceptors (Lipinski definition) is 5. The molecule has 1 amide bonds. The van der Waals surface area contributed by atoms with Crippen LogP contribution >= 0.6 is 11.6 Å². The number of carbonyl (C=O) groups excluding carboxylic acids is 1. The van der Waals surface area contributed by atoms with Crippen LogP contribution in [0, 0.1) is 0 Å². The second-order valence-corrected chi connectivity index (χ2v) is 7.33. The van der Waals surface area contributed by atoms with E-state index in [4.69, 9.17) is 21.8 Å². The summed E-state index contributed by atoms with van der Waals surface area (Å²) < 4.78 is 5.30. The molecule has 2 aliphatic heterocycles. The lowest BCUT2D eigenvalue weighted by atomic mass is 9.82. The van der Waals surface area contributed by atoms with Gasteiger partial charge >= 0.3 is 0 Å². The fourth-order valence-corrected chi connectivity index (χ4v) is 4.39. The molecule has 128 valence electrons. The number of aromatic nitrogens is 1. The number of nitrogens with zero attached hydrogens (tertiary/aromatic N) is 2. The zero-order valence-corrected chi connectivity index (χ0v) is 14.3. The SMILES string of the molecule is CN1C2CCCC1CC(NC(=O)c1cc(Cl)cc3oc(N)nc13)C2. The maximum absolute atomic E-state index is 12.8. The molecule has 2 atom stereocenters. The van der Waals surface area contributed by atoms with Crippen molar-refractivity contribution in [1.82, 2.24) is 15.2 Å². The lowest BCUT2D eigenvalue weighted by Crippen LogP contribution is -2.55. The quantitative estimate of drug-likeness (QED) is 0.871. The highest BCUT2D eigenvalue weighted by atomic mass is 35.5. The first kappa shape index (κ1) is 15.7. The van der Waals surface area contributed by atoms with Gasteiger partial charge in [-0.05, 0) is 38.8 Å². The minimum atomic E-state index is -0.163. The largest absolute Gasteiger partial charge is 0.424 e. The van der Waals surface area contributed by atoms with Gasteiger partial charge < -0.3 is 20.4 Å². The summed E-state index contributed by atoms with van der Waals surface area (Å²) in [7, 11) is 2.20. The molecule has 1 aromatic carbocycles. The van der Waals surface area contributed by atoms with Crippen molar-refractivity contribution in [1.29, 1.82) is 0 Å². The van der Waals surface area contributed by atoms with Crippen LogP contribution in [-0.4, -0.2) is 41.0 Å². The summed E-state index contributed by atoms with van der Waals surface area (Å²) in [4.78, 5) is 19.4. The van der Waals surface area contributed by atoms with Gasteiger partial charge in [-0.3, -0.25) is 4.79 Å². The third kappa shape index (κ3) is 2.74. The molecule has 2 unspecified atom stereocenters. The lowest BCUT2D eigenvalue weighted by molar-refractivity contribution is 0.0463. The Morgan fingerprint density at radius 3 is 2.79 bits per heavy atom. The first-order chi connectivity index (χ1) is 11.5. The topological polar surface area (TPSA) is 84.4 Å². The normalized spacial score (nSPS) is 27.3. The summed E-state index contributed by atoms with van der Waals surface area (Å²) in [5.41, 5.74) is 6.93. The molecular formula is C17H21ClN4O2. The highest BCUT2D eigenvalue weighted by molar-refractivity contribution is 6.32. The number of hydrogen-bond donors (Lipinski definition) is 2. The van der Waals surface area contributed by atoms with E-state index in [1.54, 1.807) is 12.1 Å². The van der Waals surface area contributed by atoms with Crippen LogP contribution in [0.1, 0.15) is 42.5 Å². The monoisotopic (exact) mass is 348 g/mol. The highest BCUT2D eigenvalue weighted by Crippen LogP contribution is 2.33. The number of halogens is 1. The van der Waals surface area contributed by atoms with E-state index in [0.717, 1.165) is 12.8 Å². The van der Waals surface area contributed by atoms with Crippen molar-refractivity contribution < 1.29 is 9.21 Å². The molecule has 0 saturated carbocycles. The molecule has 2 aliphatic rings. The first-order valence-corrected chi connectivity index (χ1v) is 8.77. The van der Waals surface area contributed by atoms with E-state index in [1.165, 1.54) is 19.3 Å². The molecule has 0 spiro atoms. The van der Waals surface area contributed by atoms with Gasteiger partial charge in [-0.15, -0.1) is 0 Å². The fraction of sp³-hybridized carbons (Fsp3) is 0.529. The van der Waals surface area contributed by atoms with Crippen LogP contribution in [0.2, 0.25) is 5.02 Å². The van der Waals surface area contributed by atoms with Crippen molar-refractivity contribution in [3.63, 3.8) is 0 Å². The number of carbonyl (C=O) groups is 1. The molecule has 4 rings (SSSR count). The smallest absolute Gasteiger partial charge is 0.293 e. The third-order valence-electron chi connectivity index (χ3n) is 5.40. The first-order valence-electron chi connectivity index (χ1n) is 8.39. The highest BCUT2D eigenvalue weighted by Gasteiger charge is 2.36. The van der Waals surface area contributed by atoms with Crippen LogP contribution in [0.5, 0.6) is 0 Å². The standard InChI is InChI=1S/C17H21ClN4O2/c1-22-11-3-2-4-12(22)8-10(7-11)20-16(23)13-5-9(18)6-14-15(13)21-17(19)24-14/h5-6,10-12H,2-4,7-8H2,1H3,(H2,19,21)(H,20,23). The maximum atomic E-state index is 12.8. The van der Waals surface area contributed by atoms with E-state index < -0.39 is 0 Å². The number of benzene rings is 1. The zero-order valence-electron chi connectivity index (χ0n) is 13.6. The van der Waals surface area contributed by atoms with Gasteiger partial charge in [0.05, 0.1) is 5.56 Å². The summed E-state index contributed by atoms with van der Waals surface area (Å²) >= 11 is 6.10. The Balaban J connectivity index is 1.57. The van der Waals surface area contributed by atoms with Gasteiger partial charge in [0, 0.05) is 29.2 Å². The number of nitrogen functional groups attached to an aromatic ring is 1. The lowest BCUT2D eigenvalue weighted by Gasteiger charge is -2.47. The van der Waals surface area contributed by atoms with Crippen molar-refractivity contribution in [2.24, 2.45) is 0 Å². The molecule has 3 heterocycles. The molecule has 6 nitrogen and oxygen atoms in total. The number of piperidine rings is 2. The van der Waals surface area contributed by atoms with Crippen LogP contribution in [0.4, 0.5) is 6.01 Å². The molecule has 2 bridgehead atoms. The van der Waals surface area contributed by atoms with Gasteiger partial charge in [0.2, 0.25) is 0 Å². The number of nitrogens with one attached hydrogen (secondary N) is 1. The summed E-state index contributed by atoms with van der Waals surface area (Å²) in [6.07, 6.45) is 5.68. The van der Waals surface area contributed by atoms with Crippen molar-refractivity contribution >= 4 is 34.6 Å². The van der Waals surface area contributed by atoms with Crippen molar-refractivity contribution in [3.05, 3.63) is 22.7 Å². The maximum Gasteiger partial charge on any atom is 0.293 e. The summed E-state index contributed by atoms with van der Waals surface area (Å²) in [6.45, 7) is 0. The average molecular weight is 349 g/mol. The Kier molecular flexibility index (Phi) is 3.89. The Labute approximate surface area is 145 Å². The summed E-state index contributed by atoms with van der Waals surface area (Å²) in [5.74, 6) is -0.163. The van der Waals surface area contributed by atoms with E-state index >= 15 is 0 Å². The number of amides is 1. The van der Waals surface area contributed by atoms with Crippen LogP contribution in [0.25, 0.3) is 11.1 Å². The molecule has 24 heavy (non-hydrogen) atoms. The number of anilines is 1. The second kappa shape index (κ2) is 5.93. The molecule has 2 saturated heterocycles. The fourth-order valence-electron chi connectivity index (χ4n) is 4.18. The molecule has 0 radical (unpaired) electrons. The molecular weight excluding hydrogens is 328 g/mol. The summed E-state index contributed by atoms with van der Waals surface area (Å²) in [5, 5.41) is 3.60. The van der Waals surface area contributed by atoms with Gasteiger partial charge in [-0.1, -0.05) is 18.0 Å². The molecule has 7 heteroatoms. The van der Waals surface area contributed by atoms with Gasteiger partial charge in [0.1, 0.15) is 5.52 Å². The van der Waals surface area contributed by atoms with Crippen LogP contribution < -0.4 is 11.1 Å². The Bertz CT molecular complexity index is 776. The van der Waals surface area contributed by atoms with Gasteiger partial charge in [-0.25, -0.2) is 0 Å². The Hall–Kier alpha value is -1.79. The van der Waals surface area contributed by atoms with E-state index in [1.807, 2.05) is 0 Å². The number of rotatable bonds is 2. The predicted molar refractivity (Wildman–Crippen MR) is 93.1 cm³/mol. The Morgan fingerprint density at radius 2 is 2.08 bits per heavy atom. The average Bonchev–Trinajstić information content (AvgIpc) is 2.87. The molecule has 0 aliphatic carbocycles. The molecule has 2 fully saturated rings. The van der Waals surface area contributed by atoms with Crippen molar-refractivity contribution in [3.8, 4) is 0 Å². The van der Waals surface area contributed by atoms with E-state index in [0.29, 0.717) is 33.8 Å². The van der Waals surface area contributed by atoms with Gasteiger partial charge in [0.25, 0.3) is 11.9 Å². The number of fused-ring (bicyclic) bond motifs is 3. The van der Waals surface area contributed by atoms with Crippen molar-refractivity contribution in [2.75, 3.05) is 12.8 Å². The number of nitrogens with two attached hydrogens (primary N) is 1. The minimum Gasteiger partial charge on any atom is -0.424 e. The predicted octanol–water partition coefficient (Wildman–Crippen LogP) is 2.81. The van der Waals surface area contributed by atoms with Gasteiger partial charge in [0.15, 0.2) is 5.58 Å². The second-order valence-electron chi connectivity index (χ2n) is 6.90. The van der Waals surface area contributed by atoms with Crippen molar-refractivity contribution in [2.45, 2.75) is 50.2 Å². The third-order valence-corrected chi connectivity index (χ3v) is 5.61. The molecule has 3 N–H and O–H groups in total. The molecule has 1 aromatic heterocycles. The van der Waals surface area contributed by atoms with Crippen LogP contribution in [0.15, 0.2) is 16.5 Å². The van der Waals surface area contributed by atoms with E-state index in [-0.39, 0.29) is 18.0 Å². The van der Waals surface area contributed by atoms with Gasteiger partial charge in [-0.2, -0.15) is 4.98 Å². The summed E-state index contributed by atoms with van der Waals surface area (Å²) in [6, 6.07) is 4.58. The molecule has 2 aromatic rings.